The number of anilines is 2. The minimum absolute atomic E-state index is 0.116. The van der Waals surface area contributed by atoms with Crippen LogP contribution in [0.1, 0.15) is 26.6 Å². The number of nitrogens with zero attached hydrogens (tertiary/aromatic N) is 1. The Bertz CT molecular complexity index is 1370. The van der Waals surface area contributed by atoms with Crippen LogP contribution in [0.5, 0.6) is 0 Å². The molecule has 5 aromatic rings. The normalized spacial score (nSPS) is 11.2. The van der Waals surface area contributed by atoms with Crippen LogP contribution >= 0.6 is 22.9 Å². The van der Waals surface area contributed by atoms with Crippen molar-refractivity contribution in [3.63, 3.8) is 0 Å². The minimum Gasteiger partial charge on any atom is -0.383 e. The fraction of sp³-hybridized carbons (Fsp3) is 0.0667. The van der Waals surface area contributed by atoms with Gasteiger partial charge < -0.3 is 11.1 Å². The molecule has 0 aliphatic heterocycles. The van der Waals surface area contributed by atoms with Crippen LogP contribution in [-0.2, 0) is 16.6 Å². The van der Waals surface area contributed by atoms with Crippen molar-refractivity contribution in [3.05, 3.63) is 147 Å². The molecule has 4 aromatic carbocycles. The molecule has 0 radical (unpaired) electrons. The van der Waals surface area contributed by atoms with Crippen molar-refractivity contribution in [2.75, 3.05) is 11.1 Å². The summed E-state index contributed by atoms with van der Waals surface area (Å²) in [5.41, 5.74) is 9.61. The van der Waals surface area contributed by atoms with E-state index in [0.29, 0.717) is 16.5 Å². The summed E-state index contributed by atoms with van der Waals surface area (Å²) in [4.78, 5) is 18.5. The summed E-state index contributed by atoms with van der Waals surface area (Å²) in [6.07, 6.45) is 0.116. The Kier molecular flexibility index (Phi) is 6.85. The van der Waals surface area contributed by atoms with Crippen molar-refractivity contribution in [3.8, 4) is 0 Å². The molecule has 0 atom stereocenters. The lowest BCUT2D eigenvalue weighted by Gasteiger charge is -2.34. The summed E-state index contributed by atoms with van der Waals surface area (Å²) < 4.78 is 0. The molecule has 1 aromatic heterocycles. The first-order valence-electron chi connectivity index (χ1n) is 11.5. The molecule has 0 fully saturated rings. The van der Waals surface area contributed by atoms with Gasteiger partial charge in [-0.05, 0) is 34.9 Å². The zero-order valence-corrected chi connectivity index (χ0v) is 21.0. The standard InChI is InChI=1S/C30H24ClN3OS/c31-24-17-10-18-25(19-24)33-27(35)20-26-28(32)34-29(36-26)30(21-11-4-1-5-12-21,22-13-6-2-7-14-22)23-15-8-3-9-16-23/h1-19H,20,32H2,(H,33,35). The molecule has 0 aliphatic rings. The van der Waals surface area contributed by atoms with Crippen LogP contribution in [0.3, 0.4) is 0 Å². The molecule has 5 rings (SSSR count). The summed E-state index contributed by atoms with van der Waals surface area (Å²) in [6.45, 7) is 0. The van der Waals surface area contributed by atoms with Gasteiger partial charge in [0.25, 0.3) is 0 Å². The summed E-state index contributed by atoms with van der Waals surface area (Å²) in [5, 5.41) is 4.28. The number of benzene rings is 4. The van der Waals surface area contributed by atoms with E-state index < -0.39 is 5.41 Å². The third-order valence-corrected chi connectivity index (χ3v) is 7.52. The number of hydrogen-bond acceptors (Lipinski definition) is 4. The van der Waals surface area contributed by atoms with Gasteiger partial charge in [0, 0.05) is 10.7 Å². The second-order valence-corrected chi connectivity index (χ2v) is 9.93. The molecule has 0 aliphatic carbocycles. The number of amides is 1. The Morgan fingerprint density at radius 1 is 0.806 bits per heavy atom. The van der Waals surface area contributed by atoms with Crippen molar-refractivity contribution in [1.29, 1.82) is 0 Å². The average Bonchev–Trinajstić information content (AvgIpc) is 3.26. The van der Waals surface area contributed by atoms with Gasteiger partial charge in [-0.3, -0.25) is 4.79 Å². The number of rotatable bonds is 7. The number of hydrogen-bond donors (Lipinski definition) is 2. The average molecular weight is 510 g/mol. The van der Waals surface area contributed by atoms with Crippen molar-refractivity contribution in [1.82, 2.24) is 4.98 Å². The Balaban J connectivity index is 1.62. The van der Waals surface area contributed by atoms with Crippen LogP contribution in [0.15, 0.2) is 115 Å². The van der Waals surface area contributed by atoms with Gasteiger partial charge in [0.2, 0.25) is 5.91 Å². The van der Waals surface area contributed by atoms with E-state index in [2.05, 4.69) is 41.7 Å². The van der Waals surface area contributed by atoms with E-state index >= 15 is 0 Å². The Morgan fingerprint density at radius 2 is 1.33 bits per heavy atom. The maximum Gasteiger partial charge on any atom is 0.229 e. The van der Waals surface area contributed by atoms with Gasteiger partial charge >= 0.3 is 0 Å². The zero-order chi connectivity index (χ0) is 25.0. The molecular formula is C30H24ClN3OS. The van der Waals surface area contributed by atoms with E-state index in [4.69, 9.17) is 22.3 Å². The number of carbonyl (C=O) groups excluding carboxylic acids is 1. The quantitative estimate of drug-likeness (QED) is 0.233. The molecular weight excluding hydrogens is 486 g/mol. The molecule has 0 spiro atoms. The lowest BCUT2D eigenvalue weighted by atomic mass is 9.70. The van der Waals surface area contributed by atoms with Crippen LogP contribution in [0.4, 0.5) is 11.5 Å². The van der Waals surface area contributed by atoms with Gasteiger partial charge in [-0.15, -0.1) is 11.3 Å². The fourth-order valence-electron chi connectivity index (χ4n) is 4.50. The molecule has 0 unspecified atom stereocenters. The number of thiazole rings is 1. The Labute approximate surface area is 219 Å². The highest BCUT2D eigenvalue weighted by molar-refractivity contribution is 7.12. The van der Waals surface area contributed by atoms with Crippen LogP contribution in [0.2, 0.25) is 5.02 Å². The van der Waals surface area contributed by atoms with Gasteiger partial charge in [0.1, 0.15) is 10.8 Å². The maximum absolute atomic E-state index is 12.9. The van der Waals surface area contributed by atoms with E-state index in [1.165, 1.54) is 11.3 Å². The van der Waals surface area contributed by atoms with Crippen molar-refractivity contribution in [2.45, 2.75) is 11.8 Å². The number of nitrogen functional groups attached to an aromatic ring is 1. The highest BCUT2D eigenvalue weighted by Gasteiger charge is 2.41. The van der Waals surface area contributed by atoms with Crippen molar-refractivity contribution < 1.29 is 4.79 Å². The second kappa shape index (κ2) is 10.4. The van der Waals surface area contributed by atoms with E-state index in [0.717, 1.165) is 26.6 Å². The third kappa shape index (κ3) is 4.63. The van der Waals surface area contributed by atoms with Crippen LogP contribution < -0.4 is 11.1 Å². The molecule has 1 heterocycles. The summed E-state index contributed by atoms with van der Waals surface area (Å²) >= 11 is 7.53. The number of aromatic nitrogens is 1. The smallest absolute Gasteiger partial charge is 0.229 e. The van der Waals surface area contributed by atoms with Gasteiger partial charge in [-0.25, -0.2) is 4.98 Å². The first-order valence-corrected chi connectivity index (χ1v) is 12.7. The first kappa shape index (κ1) is 23.8. The van der Waals surface area contributed by atoms with E-state index in [1.54, 1.807) is 24.3 Å². The first-order chi connectivity index (χ1) is 17.6. The number of nitrogens with one attached hydrogen (secondary N) is 1. The largest absolute Gasteiger partial charge is 0.383 e. The lowest BCUT2D eigenvalue weighted by molar-refractivity contribution is -0.115. The van der Waals surface area contributed by atoms with Gasteiger partial charge in [-0.2, -0.15) is 0 Å². The van der Waals surface area contributed by atoms with Gasteiger partial charge in [0.15, 0.2) is 0 Å². The highest BCUT2D eigenvalue weighted by Crippen LogP contribution is 2.47. The van der Waals surface area contributed by atoms with E-state index in [9.17, 15) is 4.79 Å². The van der Waals surface area contributed by atoms with Gasteiger partial charge in [-0.1, -0.05) is 109 Å². The number of carbonyl (C=O) groups is 1. The van der Waals surface area contributed by atoms with Crippen molar-refractivity contribution in [2.24, 2.45) is 0 Å². The minimum atomic E-state index is -0.690. The Morgan fingerprint density at radius 3 is 1.83 bits per heavy atom. The summed E-state index contributed by atoms with van der Waals surface area (Å²) in [5.74, 6) is 0.187. The lowest BCUT2D eigenvalue weighted by Crippen LogP contribution is -2.30. The SMILES string of the molecule is Nc1nc(C(c2ccccc2)(c2ccccc2)c2ccccc2)sc1CC(=O)Nc1cccc(Cl)c1. The highest BCUT2D eigenvalue weighted by atomic mass is 35.5. The predicted octanol–water partition coefficient (Wildman–Crippen LogP) is 6.94. The molecule has 0 saturated heterocycles. The third-order valence-electron chi connectivity index (χ3n) is 6.10. The van der Waals surface area contributed by atoms with Gasteiger partial charge in [0.05, 0.1) is 16.7 Å². The molecule has 178 valence electrons. The molecule has 0 bridgehead atoms. The van der Waals surface area contributed by atoms with Crippen LogP contribution in [0, 0.1) is 0 Å². The van der Waals surface area contributed by atoms with Crippen LogP contribution in [0.25, 0.3) is 0 Å². The van der Waals surface area contributed by atoms with E-state index in [1.807, 2.05) is 54.6 Å². The number of nitrogens with two attached hydrogens (primary N) is 1. The zero-order valence-electron chi connectivity index (χ0n) is 19.4. The number of halogens is 1. The molecule has 0 saturated carbocycles. The Hall–Kier alpha value is -3.93. The van der Waals surface area contributed by atoms with E-state index in [-0.39, 0.29) is 12.3 Å². The molecule has 3 N–H and O–H groups in total. The van der Waals surface area contributed by atoms with Crippen molar-refractivity contribution >= 4 is 40.4 Å². The molecule has 1 amide bonds. The monoisotopic (exact) mass is 509 g/mol. The predicted molar refractivity (Wildman–Crippen MR) is 149 cm³/mol. The summed E-state index contributed by atoms with van der Waals surface area (Å²) in [7, 11) is 0. The molecule has 36 heavy (non-hydrogen) atoms. The topological polar surface area (TPSA) is 68.0 Å². The summed E-state index contributed by atoms with van der Waals surface area (Å²) in [6, 6.07) is 38.0. The molecule has 4 nitrogen and oxygen atoms in total. The fourth-order valence-corrected chi connectivity index (χ4v) is 5.93. The maximum atomic E-state index is 12.9. The second-order valence-electron chi connectivity index (χ2n) is 8.41. The van der Waals surface area contributed by atoms with Crippen LogP contribution in [-0.4, -0.2) is 10.9 Å². The molecule has 6 heteroatoms.